The van der Waals surface area contributed by atoms with Gasteiger partial charge in [0.1, 0.15) is 0 Å². The second-order valence-corrected chi connectivity index (χ2v) is 7.46. The van der Waals surface area contributed by atoms with E-state index in [1.165, 1.54) is 5.56 Å². The third kappa shape index (κ3) is 4.57. The van der Waals surface area contributed by atoms with Crippen molar-refractivity contribution in [2.75, 3.05) is 59.0 Å². The highest BCUT2D eigenvalue weighted by molar-refractivity contribution is 5.78. The first kappa shape index (κ1) is 19.0. The fourth-order valence-electron chi connectivity index (χ4n) is 3.85. The third-order valence-electron chi connectivity index (χ3n) is 5.44. The van der Waals surface area contributed by atoms with Gasteiger partial charge >= 0.3 is 0 Å². The van der Waals surface area contributed by atoms with Crippen molar-refractivity contribution in [3.05, 3.63) is 36.3 Å². The normalized spacial score (nSPS) is 19.1. The number of hydrogen-bond donors (Lipinski definition) is 0. The van der Waals surface area contributed by atoms with Crippen LogP contribution in [0.1, 0.15) is 5.56 Å². The zero-order valence-corrected chi connectivity index (χ0v) is 16.5. The molecule has 28 heavy (non-hydrogen) atoms. The van der Waals surface area contributed by atoms with Crippen LogP contribution in [0.5, 0.6) is 0 Å². The number of hydrogen-bond acceptors (Lipinski definition) is 6. The minimum atomic E-state index is 0.236. The molecule has 2 aromatic rings. The highest BCUT2D eigenvalue weighted by atomic mass is 16.5. The van der Waals surface area contributed by atoms with Gasteiger partial charge in [-0.1, -0.05) is 0 Å². The molecule has 1 amide bonds. The van der Waals surface area contributed by atoms with E-state index >= 15 is 0 Å². The van der Waals surface area contributed by atoms with E-state index in [-0.39, 0.29) is 5.91 Å². The minimum Gasteiger partial charge on any atom is -0.379 e. The number of nitrogens with zero attached hydrogens (tertiary/aromatic N) is 6. The number of morpholine rings is 1. The second-order valence-electron chi connectivity index (χ2n) is 7.46. The molecule has 2 aliphatic rings. The zero-order chi connectivity index (χ0) is 19.3. The van der Waals surface area contributed by atoms with Crippen molar-refractivity contribution < 1.29 is 9.53 Å². The number of aromatic nitrogens is 3. The van der Waals surface area contributed by atoms with Crippen LogP contribution in [-0.2, 0) is 23.1 Å². The molecular weight excluding hydrogens is 356 g/mol. The van der Waals surface area contributed by atoms with Crippen molar-refractivity contribution in [1.29, 1.82) is 0 Å². The lowest BCUT2D eigenvalue weighted by molar-refractivity contribution is -0.135. The Balaban J connectivity index is 1.32. The molecule has 2 saturated heterocycles. The van der Waals surface area contributed by atoms with E-state index in [1.807, 2.05) is 28.8 Å². The third-order valence-corrected chi connectivity index (χ3v) is 5.44. The van der Waals surface area contributed by atoms with Gasteiger partial charge in [0.2, 0.25) is 5.91 Å². The van der Waals surface area contributed by atoms with Gasteiger partial charge in [-0.15, -0.1) is 0 Å². The van der Waals surface area contributed by atoms with E-state index in [0.717, 1.165) is 70.3 Å². The van der Waals surface area contributed by atoms with Crippen LogP contribution in [0.25, 0.3) is 11.3 Å². The highest BCUT2D eigenvalue weighted by Crippen LogP contribution is 2.23. The number of ether oxygens (including phenoxy) is 1. The average molecular weight is 384 g/mol. The number of rotatable bonds is 5. The molecular formula is C20H28N6O2. The Labute approximate surface area is 165 Å². The fraction of sp³-hybridized carbons (Fsp3) is 0.550. The Morgan fingerprint density at radius 3 is 2.46 bits per heavy atom. The van der Waals surface area contributed by atoms with Crippen LogP contribution in [0.15, 0.2) is 30.7 Å². The maximum absolute atomic E-state index is 12.6. The molecule has 0 aliphatic carbocycles. The van der Waals surface area contributed by atoms with Crippen molar-refractivity contribution in [2.45, 2.75) is 6.54 Å². The van der Waals surface area contributed by atoms with Gasteiger partial charge in [0, 0.05) is 82.6 Å². The number of carbonyl (C=O) groups is 1. The first-order valence-electron chi connectivity index (χ1n) is 9.92. The summed E-state index contributed by atoms with van der Waals surface area (Å²) in [6.45, 7) is 7.86. The summed E-state index contributed by atoms with van der Waals surface area (Å²) >= 11 is 0. The number of aryl methyl sites for hydroxylation is 1. The number of pyridine rings is 1. The summed E-state index contributed by atoms with van der Waals surface area (Å²) in [6, 6.07) is 3.99. The Hall–Kier alpha value is -2.29. The molecule has 0 aromatic carbocycles. The van der Waals surface area contributed by atoms with Crippen molar-refractivity contribution in [3.63, 3.8) is 0 Å². The SMILES string of the molecule is Cn1cc(CN2CCN(C(=O)CN3CCOCC3)CC2)c(-c2ccncc2)n1. The van der Waals surface area contributed by atoms with Gasteiger partial charge in [-0.3, -0.25) is 24.3 Å². The fourth-order valence-corrected chi connectivity index (χ4v) is 3.85. The number of amides is 1. The Bertz CT molecular complexity index is 779. The second kappa shape index (κ2) is 8.81. The predicted molar refractivity (Wildman–Crippen MR) is 106 cm³/mol. The van der Waals surface area contributed by atoms with Crippen LogP contribution in [0.3, 0.4) is 0 Å². The van der Waals surface area contributed by atoms with Crippen molar-refractivity contribution in [2.24, 2.45) is 7.05 Å². The van der Waals surface area contributed by atoms with Gasteiger partial charge in [-0.25, -0.2) is 0 Å². The van der Waals surface area contributed by atoms with E-state index in [2.05, 4.69) is 26.1 Å². The summed E-state index contributed by atoms with van der Waals surface area (Å²) in [5.74, 6) is 0.236. The van der Waals surface area contributed by atoms with Crippen LogP contribution >= 0.6 is 0 Å². The largest absolute Gasteiger partial charge is 0.379 e. The van der Waals surface area contributed by atoms with Crippen LogP contribution < -0.4 is 0 Å². The molecule has 2 aromatic heterocycles. The molecule has 0 bridgehead atoms. The molecule has 8 nitrogen and oxygen atoms in total. The van der Waals surface area contributed by atoms with Gasteiger partial charge in [-0.2, -0.15) is 5.10 Å². The standard InChI is InChI=1S/C20H28N6O2/c1-23-14-18(20(22-23)17-2-4-21-5-3-17)15-24-6-8-26(9-7-24)19(27)16-25-10-12-28-13-11-25/h2-5,14H,6-13,15-16H2,1H3. The van der Waals surface area contributed by atoms with Crippen molar-refractivity contribution in [1.82, 2.24) is 29.5 Å². The predicted octanol–water partition coefficient (Wildman–Crippen LogP) is 0.459. The maximum Gasteiger partial charge on any atom is 0.236 e. The van der Waals surface area contributed by atoms with Gasteiger partial charge in [-0.05, 0) is 12.1 Å². The lowest BCUT2D eigenvalue weighted by Crippen LogP contribution is -2.52. The quantitative estimate of drug-likeness (QED) is 0.746. The molecule has 2 fully saturated rings. The molecule has 0 N–H and O–H groups in total. The number of piperazine rings is 1. The van der Waals surface area contributed by atoms with Crippen LogP contribution in [0, 0.1) is 0 Å². The van der Waals surface area contributed by atoms with E-state index in [4.69, 9.17) is 4.74 Å². The monoisotopic (exact) mass is 384 g/mol. The smallest absolute Gasteiger partial charge is 0.236 e. The Morgan fingerprint density at radius 1 is 1.04 bits per heavy atom. The molecule has 4 rings (SSSR count). The molecule has 0 atom stereocenters. The van der Waals surface area contributed by atoms with Gasteiger partial charge in [0.15, 0.2) is 0 Å². The molecule has 0 spiro atoms. The Morgan fingerprint density at radius 2 is 1.75 bits per heavy atom. The van der Waals surface area contributed by atoms with Gasteiger partial charge in [0.25, 0.3) is 0 Å². The van der Waals surface area contributed by atoms with Crippen molar-refractivity contribution >= 4 is 5.91 Å². The van der Waals surface area contributed by atoms with E-state index < -0.39 is 0 Å². The zero-order valence-electron chi connectivity index (χ0n) is 16.5. The first-order valence-corrected chi connectivity index (χ1v) is 9.92. The lowest BCUT2D eigenvalue weighted by atomic mass is 10.1. The summed E-state index contributed by atoms with van der Waals surface area (Å²) in [7, 11) is 1.95. The molecule has 0 radical (unpaired) electrons. The van der Waals surface area contributed by atoms with Crippen molar-refractivity contribution in [3.8, 4) is 11.3 Å². The summed E-state index contributed by atoms with van der Waals surface area (Å²) in [6.07, 6.45) is 5.69. The molecule has 8 heteroatoms. The minimum absolute atomic E-state index is 0.236. The summed E-state index contributed by atoms with van der Waals surface area (Å²) < 4.78 is 7.23. The average Bonchev–Trinajstić information content (AvgIpc) is 3.10. The van der Waals surface area contributed by atoms with Gasteiger partial charge in [0.05, 0.1) is 25.5 Å². The molecule has 0 saturated carbocycles. The topological polar surface area (TPSA) is 66.7 Å². The first-order chi connectivity index (χ1) is 13.7. The van der Waals surface area contributed by atoms with E-state index in [9.17, 15) is 4.79 Å². The highest BCUT2D eigenvalue weighted by Gasteiger charge is 2.24. The summed E-state index contributed by atoms with van der Waals surface area (Å²) in [5, 5.41) is 4.64. The summed E-state index contributed by atoms with van der Waals surface area (Å²) in [4.78, 5) is 23.3. The van der Waals surface area contributed by atoms with Crippen LogP contribution in [-0.4, -0.2) is 94.4 Å². The van der Waals surface area contributed by atoms with Crippen LogP contribution in [0.4, 0.5) is 0 Å². The van der Waals surface area contributed by atoms with E-state index in [0.29, 0.717) is 6.54 Å². The van der Waals surface area contributed by atoms with Gasteiger partial charge < -0.3 is 9.64 Å². The molecule has 0 unspecified atom stereocenters. The lowest BCUT2D eigenvalue weighted by Gasteiger charge is -2.36. The van der Waals surface area contributed by atoms with Crippen LogP contribution in [0.2, 0.25) is 0 Å². The summed E-state index contributed by atoms with van der Waals surface area (Å²) in [5.41, 5.74) is 3.31. The maximum atomic E-state index is 12.6. The molecule has 2 aliphatic heterocycles. The van der Waals surface area contributed by atoms with E-state index in [1.54, 1.807) is 12.4 Å². The molecule has 150 valence electrons. The molecule has 4 heterocycles. The Kier molecular flexibility index (Phi) is 5.99. The number of carbonyl (C=O) groups excluding carboxylic acids is 1.